The molecule has 1 aliphatic heterocycles. The topological polar surface area (TPSA) is 37.4 Å². The molecule has 3 heteroatoms. The van der Waals surface area contributed by atoms with Crippen LogP contribution in [0.3, 0.4) is 0 Å². The number of carbonyl (C=O) groups excluding carboxylic acids is 2. The molecule has 1 atom stereocenters. The molecule has 0 bridgehead atoms. The molecule has 1 fully saturated rings. The average Bonchev–Trinajstić information content (AvgIpc) is 2.77. The summed E-state index contributed by atoms with van der Waals surface area (Å²) in [6.07, 6.45) is 4.45. The first-order valence-corrected chi connectivity index (χ1v) is 7.15. The predicted octanol–water partition coefficient (Wildman–Crippen LogP) is 2.76. The third kappa shape index (κ3) is 2.42. The number of ketones is 1. The van der Waals surface area contributed by atoms with Crippen molar-refractivity contribution in [2.24, 2.45) is 0 Å². The van der Waals surface area contributed by atoms with Crippen molar-refractivity contribution >= 4 is 11.7 Å². The number of Topliss-reactive ketones (excluding diaryl/α,β-unsaturated/α-hetero) is 1. The maximum absolute atomic E-state index is 12.3. The second-order valence-corrected chi connectivity index (χ2v) is 5.56. The fourth-order valence-electron chi connectivity index (χ4n) is 3.22. The summed E-state index contributed by atoms with van der Waals surface area (Å²) >= 11 is 0. The smallest absolute Gasteiger partial charge is 0.223 e. The molecule has 2 aliphatic rings. The van der Waals surface area contributed by atoms with Gasteiger partial charge in [0.15, 0.2) is 5.78 Å². The van der Waals surface area contributed by atoms with Crippen LogP contribution in [-0.4, -0.2) is 29.7 Å². The van der Waals surface area contributed by atoms with Gasteiger partial charge in [0, 0.05) is 37.4 Å². The molecule has 19 heavy (non-hydrogen) atoms. The summed E-state index contributed by atoms with van der Waals surface area (Å²) in [5, 5.41) is 0. The Morgan fingerprint density at radius 2 is 1.89 bits per heavy atom. The lowest BCUT2D eigenvalue weighted by Gasteiger charge is -2.27. The number of likely N-dealkylation sites (tertiary alicyclic amines) is 1. The second kappa shape index (κ2) is 5.16. The van der Waals surface area contributed by atoms with Gasteiger partial charge in [-0.25, -0.2) is 0 Å². The number of hydrogen-bond donors (Lipinski definition) is 0. The minimum Gasteiger partial charge on any atom is -0.343 e. The number of carbonyl (C=O) groups is 2. The van der Waals surface area contributed by atoms with Crippen LogP contribution in [0.4, 0.5) is 0 Å². The molecule has 0 aromatic heterocycles. The highest BCUT2D eigenvalue weighted by Crippen LogP contribution is 2.35. The Bertz CT molecular complexity index is 503. The maximum atomic E-state index is 12.3. The first-order valence-electron chi connectivity index (χ1n) is 7.15. The zero-order valence-electron chi connectivity index (χ0n) is 11.1. The third-order valence-electron chi connectivity index (χ3n) is 4.26. The molecule has 0 radical (unpaired) electrons. The van der Waals surface area contributed by atoms with Crippen molar-refractivity contribution in [3.8, 4) is 0 Å². The Morgan fingerprint density at radius 1 is 1.16 bits per heavy atom. The number of fused-ring (bicyclic) bond motifs is 1. The van der Waals surface area contributed by atoms with E-state index in [4.69, 9.17) is 0 Å². The van der Waals surface area contributed by atoms with E-state index in [-0.39, 0.29) is 17.6 Å². The monoisotopic (exact) mass is 257 g/mol. The van der Waals surface area contributed by atoms with Gasteiger partial charge in [-0.15, -0.1) is 0 Å². The summed E-state index contributed by atoms with van der Waals surface area (Å²) < 4.78 is 0. The first-order chi connectivity index (χ1) is 9.25. The molecular weight excluding hydrogens is 238 g/mol. The van der Waals surface area contributed by atoms with E-state index in [2.05, 4.69) is 0 Å². The van der Waals surface area contributed by atoms with Crippen LogP contribution in [0.5, 0.6) is 0 Å². The summed E-state index contributed by atoms with van der Waals surface area (Å²) in [5.74, 6) is 0.499. The molecule has 1 aromatic rings. The van der Waals surface area contributed by atoms with Crippen molar-refractivity contribution in [3.05, 3.63) is 35.4 Å². The minimum absolute atomic E-state index is 0.0955. The second-order valence-electron chi connectivity index (χ2n) is 5.56. The Labute approximate surface area is 113 Å². The van der Waals surface area contributed by atoms with Crippen LogP contribution in [-0.2, 0) is 4.79 Å². The summed E-state index contributed by atoms with van der Waals surface area (Å²) in [5.41, 5.74) is 1.89. The van der Waals surface area contributed by atoms with E-state index in [9.17, 15) is 9.59 Å². The van der Waals surface area contributed by atoms with Gasteiger partial charge in [-0.05, 0) is 24.8 Å². The molecule has 1 aromatic carbocycles. The van der Waals surface area contributed by atoms with Crippen LogP contribution in [0.2, 0.25) is 0 Å². The van der Waals surface area contributed by atoms with Crippen LogP contribution >= 0.6 is 0 Å². The van der Waals surface area contributed by atoms with E-state index < -0.39 is 0 Å². The van der Waals surface area contributed by atoms with Crippen LogP contribution in [0.1, 0.15) is 53.9 Å². The third-order valence-corrected chi connectivity index (χ3v) is 4.26. The van der Waals surface area contributed by atoms with Gasteiger partial charge in [0.05, 0.1) is 0 Å². The zero-order chi connectivity index (χ0) is 13.2. The van der Waals surface area contributed by atoms with Crippen LogP contribution in [0.15, 0.2) is 24.3 Å². The fraction of sp³-hybridized carbons (Fsp3) is 0.500. The van der Waals surface area contributed by atoms with E-state index in [1.807, 2.05) is 29.2 Å². The largest absolute Gasteiger partial charge is 0.343 e. The number of rotatable bonds is 2. The lowest BCUT2D eigenvalue weighted by Crippen LogP contribution is -2.36. The lowest BCUT2D eigenvalue weighted by atomic mass is 9.96. The lowest BCUT2D eigenvalue weighted by molar-refractivity contribution is -0.132. The number of hydrogen-bond acceptors (Lipinski definition) is 2. The number of nitrogens with zero attached hydrogens (tertiary/aromatic N) is 1. The van der Waals surface area contributed by atoms with Crippen LogP contribution < -0.4 is 0 Å². The molecule has 1 heterocycles. The molecule has 1 amide bonds. The zero-order valence-corrected chi connectivity index (χ0v) is 11.1. The normalized spacial score (nSPS) is 22.4. The van der Waals surface area contributed by atoms with E-state index >= 15 is 0 Å². The van der Waals surface area contributed by atoms with Crippen LogP contribution in [0.25, 0.3) is 0 Å². The van der Waals surface area contributed by atoms with Gasteiger partial charge in [0.25, 0.3) is 0 Å². The van der Waals surface area contributed by atoms with Gasteiger partial charge in [-0.2, -0.15) is 0 Å². The van der Waals surface area contributed by atoms with Crippen molar-refractivity contribution in [1.29, 1.82) is 0 Å². The average molecular weight is 257 g/mol. The molecule has 3 rings (SSSR count). The molecule has 1 unspecified atom stereocenters. The van der Waals surface area contributed by atoms with Crippen molar-refractivity contribution in [2.75, 3.05) is 13.1 Å². The van der Waals surface area contributed by atoms with Crippen molar-refractivity contribution in [3.63, 3.8) is 0 Å². The summed E-state index contributed by atoms with van der Waals surface area (Å²) in [4.78, 5) is 26.2. The summed E-state index contributed by atoms with van der Waals surface area (Å²) in [6, 6.07) is 7.72. The fourth-order valence-corrected chi connectivity index (χ4v) is 3.22. The Kier molecular flexibility index (Phi) is 3.36. The molecule has 1 saturated heterocycles. The summed E-state index contributed by atoms with van der Waals surface area (Å²) in [6.45, 7) is 1.78. The predicted molar refractivity (Wildman–Crippen MR) is 73.2 cm³/mol. The molecule has 0 N–H and O–H groups in total. The molecule has 100 valence electrons. The van der Waals surface area contributed by atoms with Crippen molar-refractivity contribution < 1.29 is 9.59 Å². The van der Waals surface area contributed by atoms with E-state index in [0.717, 1.165) is 37.1 Å². The minimum atomic E-state index is 0.0955. The highest BCUT2D eigenvalue weighted by Gasteiger charge is 2.31. The number of amides is 1. The molecule has 0 saturated carbocycles. The molecule has 1 aliphatic carbocycles. The van der Waals surface area contributed by atoms with Crippen molar-refractivity contribution in [2.45, 2.75) is 38.0 Å². The number of benzene rings is 1. The quantitative estimate of drug-likeness (QED) is 0.817. The van der Waals surface area contributed by atoms with Gasteiger partial charge < -0.3 is 4.90 Å². The first kappa shape index (κ1) is 12.4. The van der Waals surface area contributed by atoms with E-state index in [0.29, 0.717) is 12.8 Å². The van der Waals surface area contributed by atoms with Crippen molar-refractivity contribution in [1.82, 2.24) is 4.90 Å². The Hall–Kier alpha value is -1.64. The van der Waals surface area contributed by atoms with Crippen LogP contribution in [0, 0.1) is 0 Å². The molecule has 0 spiro atoms. The highest BCUT2D eigenvalue weighted by atomic mass is 16.2. The van der Waals surface area contributed by atoms with E-state index in [1.54, 1.807) is 0 Å². The van der Waals surface area contributed by atoms with Gasteiger partial charge in [0.2, 0.25) is 5.91 Å². The standard InChI is InChI=1S/C16H19NO2/c18-15-10-12(13-6-2-3-7-14(13)15)11-16(19)17-8-4-1-5-9-17/h2-3,6-7,12H,1,4-5,8-11H2. The highest BCUT2D eigenvalue weighted by molar-refractivity contribution is 6.01. The molecular formula is C16H19NO2. The maximum Gasteiger partial charge on any atom is 0.223 e. The van der Waals surface area contributed by atoms with E-state index in [1.165, 1.54) is 6.42 Å². The Morgan fingerprint density at radius 3 is 2.68 bits per heavy atom. The van der Waals surface area contributed by atoms with Gasteiger partial charge >= 0.3 is 0 Å². The van der Waals surface area contributed by atoms with Gasteiger partial charge in [-0.1, -0.05) is 24.3 Å². The molecule has 3 nitrogen and oxygen atoms in total. The number of piperidine rings is 1. The van der Waals surface area contributed by atoms with Gasteiger partial charge in [-0.3, -0.25) is 9.59 Å². The summed E-state index contributed by atoms with van der Waals surface area (Å²) in [7, 11) is 0. The Balaban J connectivity index is 1.71. The SMILES string of the molecule is O=C1CC(CC(=O)N2CCCCC2)c2ccccc21. The van der Waals surface area contributed by atoms with Gasteiger partial charge in [0.1, 0.15) is 0 Å².